The van der Waals surface area contributed by atoms with Gasteiger partial charge in [-0.3, -0.25) is 13.9 Å². The first-order valence-electron chi connectivity index (χ1n) is 12.8. The Balaban J connectivity index is 2.20. The van der Waals surface area contributed by atoms with E-state index in [4.69, 9.17) is 0 Å². The number of nitrogens with one attached hydrogen (secondary N) is 1. The van der Waals surface area contributed by atoms with Gasteiger partial charge in [0, 0.05) is 26.1 Å². The van der Waals surface area contributed by atoms with Crippen LogP contribution in [-0.4, -0.2) is 50.5 Å². The van der Waals surface area contributed by atoms with Crippen molar-refractivity contribution >= 4 is 27.5 Å². The van der Waals surface area contributed by atoms with Gasteiger partial charge in [-0.05, 0) is 74.1 Å². The molecule has 0 aliphatic carbocycles. The van der Waals surface area contributed by atoms with Crippen LogP contribution in [0.5, 0.6) is 0 Å². The molecule has 2 amide bonds. The molecule has 2 aromatic carbocycles. The number of hydrogen-bond donors (Lipinski definition) is 1. The van der Waals surface area contributed by atoms with Crippen LogP contribution in [0.3, 0.4) is 0 Å². The highest BCUT2D eigenvalue weighted by Crippen LogP contribution is 2.22. The molecule has 9 heteroatoms. The zero-order chi connectivity index (χ0) is 27.6. The monoisotopic (exact) mass is 533 g/mol. The molecule has 204 valence electrons. The summed E-state index contributed by atoms with van der Waals surface area (Å²) in [5.74, 6) is -0.854. The lowest BCUT2D eigenvalue weighted by atomic mass is 10.1. The third kappa shape index (κ3) is 9.14. The van der Waals surface area contributed by atoms with Crippen LogP contribution in [0.25, 0.3) is 0 Å². The predicted molar refractivity (Wildman–Crippen MR) is 146 cm³/mol. The minimum Gasteiger partial charge on any atom is -0.354 e. The Labute approximate surface area is 221 Å². The molecule has 0 bridgehead atoms. The Morgan fingerprint density at radius 1 is 1.00 bits per heavy atom. The maximum atomic E-state index is 13.4. The molecule has 37 heavy (non-hydrogen) atoms. The molecular formula is C28H40FN3O4S. The van der Waals surface area contributed by atoms with Gasteiger partial charge >= 0.3 is 0 Å². The number of halogens is 1. The van der Waals surface area contributed by atoms with E-state index < -0.39 is 16.1 Å². The van der Waals surface area contributed by atoms with Crippen molar-refractivity contribution in [1.29, 1.82) is 0 Å². The highest BCUT2D eigenvalue weighted by atomic mass is 32.2. The molecule has 0 aliphatic heterocycles. The summed E-state index contributed by atoms with van der Waals surface area (Å²) in [5, 5.41) is 2.91. The van der Waals surface area contributed by atoms with E-state index in [1.165, 1.54) is 21.3 Å². The van der Waals surface area contributed by atoms with E-state index in [0.717, 1.165) is 30.2 Å². The molecule has 7 nitrogen and oxygen atoms in total. The summed E-state index contributed by atoms with van der Waals surface area (Å²) in [6.45, 7) is 8.59. The summed E-state index contributed by atoms with van der Waals surface area (Å²) in [5.41, 5.74) is 3.31. The van der Waals surface area contributed by atoms with Gasteiger partial charge in [-0.25, -0.2) is 12.8 Å². The van der Waals surface area contributed by atoms with Crippen molar-refractivity contribution in [1.82, 2.24) is 10.2 Å². The van der Waals surface area contributed by atoms with Gasteiger partial charge in [-0.1, -0.05) is 38.5 Å². The first-order chi connectivity index (χ1) is 17.5. The SMILES string of the molecule is CCCCNC(=O)[C@@H](CC)N(Cc1ccc(F)cc1)C(=O)CCCN(c1ccc(C)c(C)c1)S(C)(=O)=O. The number of carbonyl (C=O) groups is 2. The number of amides is 2. The molecule has 0 spiro atoms. The number of carbonyl (C=O) groups excluding carboxylic acids is 2. The van der Waals surface area contributed by atoms with Gasteiger partial charge in [-0.15, -0.1) is 0 Å². The molecule has 0 unspecified atom stereocenters. The number of sulfonamides is 1. The summed E-state index contributed by atoms with van der Waals surface area (Å²) >= 11 is 0. The Morgan fingerprint density at radius 3 is 2.24 bits per heavy atom. The van der Waals surface area contributed by atoms with Crippen LogP contribution in [0.15, 0.2) is 42.5 Å². The summed E-state index contributed by atoms with van der Waals surface area (Å²) < 4.78 is 39.8. The fourth-order valence-corrected chi connectivity index (χ4v) is 5.05. The van der Waals surface area contributed by atoms with Gasteiger partial charge < -0.3 is 10.2 Å². The summed E-state index contributed by atoms with van der Waals surface area (Å²) in [6, 6.07) is 10.6. The molecule has 0 heterocycles. The average molecular weight is 534 g/mol. The fraction of sp³-hybridized carbons (Fsp3) is 0.500. The highest BCUT2D eigenvalue weighted by Gasteiger charge is 2.28. The lowest BCUT2D eigenvalue weighted by Gasteiger charge is -2.31. The highest BCUT2D eigenvalue weighted by molar-refractivity contribution is 7.92. The predicted octanol–water partition coefficient (Wildman–Crippen LogP) is 4.71. The van der Waals surface area contributed by atoms with Gasteiger partial charge in [0.1, 0.15) is 11.9 Å². The van der Waals surface area contributed by atoms with Crippen LogP contribution >= 0.6 is 0 Å². The van der Waals surface area contributed by atoms with Crippen molar-refractivity contribution in [3.8, 4) is 0 Å². The molecule has 1 N–H and O–H groups in total. The molecular weight excluding hydrogens is 493 g/mol. The second kappa shape index (κ2) is 14.1. The molecule has 0 saturated carbocycles. The number of unbranched alkanes of at least 4 members (excludes halogenated alkanes) is 1. The quantitative estimate of drug-likeness (QED) is 0.356. The molecule has 0 fully saturated rings. The lowest BCUT2D eigenvalue weighted by molar-refractivity contribution is -0.141. The zero-order valence-electron chi connectivity index (χ0n) is 22.6. The number of hydrogen-bond acceptors (Lipinski definition) is 4. The normalized spacial score (nSPS) is 12.2. The molecule has 2 rings (SSSR count). The minimum atomic E-state index is -3.56. The van der Waals surface area contributed by atoms with E-state index in [1.54, 1.807) is 18.2 Å². The molecule has 0 radical (unpaired) electrons. The Kier molecular flexibility index (Phi) is 11.6. The van der Waals surface area contributed by atoms with E-state index in [1.807, 2.05) is 39.8 Å². The van der Waals surface area contributed by atoms with Crippen molar-refractivity contribution in [2.24, 2.45) is 0 Å². The topological polar surface area (TPSA) is 86.8 Å². The largest absolute Gasteiger partial charge is 0.354 e. The molecule has 1 atom stereocenters. The maximum Gasteiger partial charge on any atom is 0.242 e. The standard InChI is InChI=1S/C28H40FN3O4S/c1-6-8-17-30-28(34)26(7-2)31(20-23-12-14-24(29)15-13-23)27(33)10-9-18-32(37(5,35)36)25-16-11-21(3)22(4)19-25/h11-16,19,26H,6-10,17-18,20H2,1-5H3,(H,30,34)/t26-/m1/s1. The summed E-state index contributed by atoms with van der Waals surface area (Å²) in [7, 11) is -3.56. The Morgan fingerprint density at radius 2 is 1.68 bits per heavy atom. The van der Waals surface area contributed by atoms with E-state index in [9.17, 15) is 22.4 Å². The van der Waals surface area contributed by atoms with Gasteiger partial charge in [0.15, 0.2) is 0 Å². The van der Waals surface area contributed by atoms with Crippen LogP contribution in [0.4, 0.5) is 10.1 Å². The summed E-state index contributed by atoms with van der Waals surface area (Å²) in [4.78, 5) is 27.9. The second-order valence-electron chi connectivity index (χ2n) is 9.42. The van der Waals surface area contributed by atoms with Crippen LogP contribution in [0.2, 0.25) is 0 Å². The number of nitrogens with zero attached hydrogens (tertiary/aromatic N) is 2. The van der Waals surface area contributed by atoms with Gasteiger partial charge in [-0.2, -0.15) is 0 Å². The van der Waals surface area contributed by atoms with Crippen molar-refractivity contribution in [3.05, 3.63) is 65.0 Å². The van der Waals surface area contributed by atoms with Gasteiger partial charge in [0.25, 0.3) is 0 Å². The summed E-state index contributed by atoms with van der Waals surface area (Å²) in [6.07, 6.45) is 3.70. The third-order valence-electron chi connectivity index (χ3n) is 6.41. The minimum absolute atomic E-state index is 0.0663. The first kappa shape index (κ1) is 30.3. The van der Waals surface area contributed by atoms with Gasteiger partial charge in [0.05, 0.1) is 11.9 Å². The Hall–Kier alpha value is -2.94. The van der Waals surface area contributed by atoms with Crippen molar-refractivity contribution in [2.45, 2.75) is 72.4 Å². The van der Waals surface area contributed by atoms with Crippen molar-refractivity contribution in [3.63, 3.8) is 0 Å². The van der Waals surface area contributed by atoms with Crippen LogP contribution in [0.1, 0.15) is 62.6 Å². The number of rotatable bonds is 14. The third-order valence-corrected chi connectivity index (χ3v) is 7.61. The first-order valence-corrected chi connectivity index (χ1v) is 14.7. The van der Waals surface area contributed by atoms with Gasteiger partial charge in [0.2, 0.25) is 21.8 Å². The smallest absolute Gasteiger partial charge is 0.242 e. The fourth-order valence-electron chi connectivity index (χ4n) is 4.10. The van der Waals surface area contributed by atoms with Crippen LogP contribution in [0, 0.1) is 19.7 Å². The van der Waals surface area contributed by atoms with E-state index in [2.05, 4.69) is 5.32 Å². The zero-order valence-corrected chi connectivity index (χ0v) is 23.4. The second-order valence-corrected chi connectivity index (χ2v) is 11.3. The van der Waals surface area contributed by atoms with E-state index >= 15 is 0 Å². The number of anilines is 1. The molecule has 0 aliphatic rings. The number of benzene rings is 2. The van der Waals surface area contributed by atoms with Crippen molar-refractivity contribution in [2.75, 3.05) is 23.7 Å². The van der Waals surface area contributed by atoms with Crippen LogP contribution < -0.4 is 9.62 Å². The Bertz CT molecular complexity index is 1150. The van der Waals surface area contributed by atoms with E-state index in [0.29, 0.717) is 24.2 Å². The van der Waals surface area contributed by atoms with Crippen molar-refractivity contribution < 1.29 is 22.4 Å². The molecule has 0 saturated heterocycles. The number of aryl methyl sites for hydroxylation is 2. The lowest BCUT2D eigenvalue weighted by Crippen LogP contribution is -2.49. The average Bonchev–Trinajstić information content (AvgIpc) is 2.84. The van der Waals surface area contributed by atoms with E-state index in [-0.39, 0.29) is 43.6 Å². The maximum absolute atomic E-state index is 13.4. The molecule has 2 aromatic rings. The van der Waals surface area contributed by atoms with Crippen LogP contribution in [-0.2, 0) is 26.2 Å². The molecule has 0 aromatic heterocycles.